The van der Waals surface area contributed by atoms with E-state index < -0.39 is 0 Å². The number of hydrogen-bond donors (Lipinski definition) is 1. The number of halogens is 1. The van der Waals surface area contributed by atoms with Gasteiger partial charge in [0.2, 0.25) is 22.1 Å². The van der Waals surface area contributed by atoms with Gasteiger partial charge in [-0.15, -0.1) is 10.2 Å². The van der Waals surface area contributed by atoms with E-state index in [0.29, 0.717) is 41.8 Å². The molecule has 2 aliphatic rings. The molecule has 1 N–H and O–H groups in total. The van der Waals surface area contributed by atoms with E-state index >= 15 is 0 Å². The van der Waals surface area contributed by atoms with E-state index in [0.717, 1.165) is 12.8 Å². The van der Waals surface area contributed by atoms with Crippen molar-refractivity contribution < 1.29 is 14.0 Å². The molecular weight excluding hydrogens is 369 g/mol. The second-order valence-corrected chi connectivity index (χ2v) is 7.61. The second kappa shape index (κ2) is 7.59. The van der Waals surface area contributed by atoms with E-state index in [1.807, 2.05) is 4.90 Å². The van der Waals surface area contributed by atoms with Gasteiger partial charge in [0.25, 0.3) is 0 Å². The predicted octanol–water partition coefficient (Wildman–Crippen LogP) is 2.09. The first-order valence-electron chi connectivity index (χ1n) is 9.05. The van der Waals surface area contributed by atoms with Gasteiger partial charge in [0.05, 0.1) is 0 Å². The third-order valence-corrected chi connectivity index (χ3v) is 5.90. The smallest absolute Gasteiger partial charge is 0.243 e. The molecule has 2 fully saturated rings. The fraction of sp³-hybridized carbons (Fsp3) is 0.444. The molecule has 0 bridgehead atoms. The summed E-state index contributed by atoms with van der Waals surface area (Å²) in [5.74, 6) is -0.409. The Balaban J connectivity index is 1.43. The van der Waals surface area contributed by atoms with E-state index in [-0.39, 0.29) is 30.2 Å². The maximum absolute atomic E-state index is 13.7. The van der Waals surface area contributed by atoms with Crippen LogP contribution < -0.4 is 15.1 Å². The zero-order chi connectivity index (χ0) is 18.8. The largest absolute Gasteiger partial charge is 0.350 e. The van der Waals surface area contributed by atoms with E-state index in [1.165, 1.54) is 17.4 Å². The molecule has 2 amide bonds. The van der Waals surface area contributed by atoms with Gasteiger partial charge >= 0.3 is 0 Å². The van der Waals surface area contributed by atoms with Gasteiger partial charge in [-0.2, -0.15) is 0 Å². The van der Waals surface area contributed by atoms with Crippen LogP contribution in [0.2, 0.25) is 0 Å². The van der Waals surface area contributed by atoms with Crippen LogP contribution in [0.4, 0.5) is 14.7 Å². The Kier molecular flexibility index (Phi) is 5.02. The molecule has 0 unspecified atom stereocenters. The Morgan fingerprint density at radius 1 is 1.22 bits per heavy atom. The lowest BCUT2D eigenvalue weighted by Crippen LogP contribution is -2.43. The third kappa shape index (κ3) is 3.64. The quantitative estimate of drug-likeness (QED) is 0.847. The Bertz CT molecular complexity index is 858. The standard InChI is InChI=1S/C18H20FN5O2S/c19-13-6-2-1-5-12(13)11-20-16(26)14-7-3-9-23(14)17-21-22-18(27-17)24-10-4-8-15(24)25/h1-2,5-6,14H,3-4,7-11H2,(H,20,26)/t14-/m1/s1. The fourth-order valence-corrected chi connectivity index (χ4v) is 4.46. The highest BCUT2D eigenvalue weighted by atomic mass is 32.1. The number of nitrogens with zero attached hydrogens (tertiary/aromatic N) is 4. The van der Waals surface area contributed by atoms with Gasteiger partial charge in [0.1, 0.15) is 11.9 Å². The average molecular weight is 389 g/mol. The van der Waals surface area contributed by atoms with Crippen molar-refractivity contribution in [1.29, 1.82) is 0 Å². The van der Waals surface area contributed by atoms with Crippen molar-refractivity contribution in [2.24, 2.45) is 0 Å². The molecule has 2 saturated heterocycles. The molecule has 1 atom stereocenters. The average Bonchev–Trinajstić information content (AvgIpc) is 3.40. The van der Waals surface area contributed by atoms with Crippen LogP contribution in [0.1, 0.15) is 31.2 Å². The molecule has 1 aromatic carbocycles. The summed E-state index contributed by atoms with van der Waals surface area (Å²) < 4.78 is 13.7. The van der Waals surface area contributed by atoms with Crippen LogP contribution in [0.15, 0.2) is 24.3 Å². The van der Waals surface area contributed by atoms with Gasteiger partial charge in [-0.25, -0.2) is 4.39 Å². The van der Waals surface area contributed by atoms with Crippen molar-refractivity contribution in [2.45, 2.75) is 38.3 Å². The number of rotatable bonds is 5. The molecule has 2 aromatic rings. The first kappa shape index (κ1) is 17.8. The summed E-state index contributed by atoms with van der Waals surface area (Å²) in [6.45, 7) is 1.53. The molecule has 3 heterocycles. The molecule has 142 valence electrons. The number of nitrogens with one attached hydrogen (secondary N) is 1. The number of carbonyl (C=O) groups is 2. The Labute approximate surface area is 160 Å². The molecule has 4 rings (SSSR count). The maximum atomic E-state index is 13.7. The SMILES string of the molecule is O=C(NCc1ccccc1F)[C@H]1CCCN1c1nnc(N2CCCC2=O)s1. The number of carbonyl (C=O) groups excluding carboxylic acids is 2. The molecule has 0 saturated carbocycles. The number of benzene rings is 1. The van der Waals surface area contributed by atoms with Gasteiger partial charge in [0, 0.05) is 31.6 Å². The molecular formula is C18H20FN5O2S. The summed E-state index contributed by atoms with van der Waals surface area (Å²) in [5, 5.41) is 12.4. The number of aromatic nitrogens is 2. The van der Waals surface area contributed by atoms with E-state index in [9.17, 15) is 14.0 Å². The normalized spacial score (nSPS) is 19.7. The second-order valence-electron chi connectivity index (χ2n) is 6.68. The van der Waals surface area contributed by atoms with Gasteiger partial charge in [-0.3, -0.25) is 14.5 Å². The number of anilines is 2. The van der Waals surface area contributed by atoms with Gasteiger partial charge in [-0.1, -0.05) is 29.5 Å². The van der Waals surface area contributed by atoms with Crippen LogP contribution in [0, 0.1) is 5.82 Å². The Hall–Kier alpha value is -2.55. The maximum Gasteiger partial charge on any atom is 0.243 e. The van der Waals surface area contributed by atoms with E-state index in [2.05, 4.69) is 15.5 Å². The lowest BCUT2D eigenvalue weighted by Gasteiger charge is -2.22. The Morgan fingerprint density at radius 3 is 2.81 bits per heavy atom. The summed E-state index contributed by atoms with van der Waals surface area (Å²) in [4.78, 5) is 28.1. The third-order valence-electron chi connectivity index (χ3n) is 4.92. The van der Waals surface area contributed by atoms with E-state index in [1.54, 1.807) is 23.1 Å². The van der Waals surface area contributed by atoms with Crippen molar-refractivity contribution in [1.82, 2.24) is 15.5 Å². The highest BCUT2D eigenvalue weighted by Crippen LogP contribution is 2.33. The van der Waals surface area contributed by atoms with Gasteiger partial charge < -0.3 is 10.2 Å². The van der Waals surface area contributed by atoms with Crippen molar-refractivity contribution in [3.05, 3.63) is 35.6 Å². The minimum Gasteiger partial charge on any atom is -0.350 e. The summed E-state index contributed by atoms with van der Waals surface area (Å²) in [5.41, 5.74) is 0.459. The van der Waals surface area contributed by atoms with Crippen molar-refractivity contribution in [3.8, 4) is 0 Å². The zero-order valence-corrected chi connectivity index (χ0v) is 15.5. The molecule has 2 aliphatic heterocycles. The predicted molar refractivity (Wildman–Crippen MR) is 100 cm³/mol. The first-order chi connectivity index (χ1) is 13.1. The van der Waals surface area contributed by atoms with Gasteiger partial charge in [-0.05, 0) is 25.3 Å². The Morgan fingerprint density at radius 2 is 2.04 bits per heavy atom. The number of amides is 2. The van der Waals surface area contributed by atoms with Crippen LogP contribution in [-0.4, -0.2) is 41.1 Å². The minimum atomic E-state index is -0.355. The monoisotopic (exact) mass is 389 g/mol. The van der Waals surface area contributed by atoms with Crippen LogP contribution in [0.25, 0.3) is 0 Å². The highest BCUT2D eigenvalue weighted by Gasteiger charge is 2.34. The molecule has 0 spiro atoms. The van der Waals surface area contributed by atoms with Crippen molar-refractivity contribution in [3.63, 3.8) is 0 Å². The fourth-order valence-electron chi connectivity index (χ4n) is 3.49. The molecule has 27 heavy (non-hydrogen) atoms. The molecule has 9 heteroatoms. The lowest BCUT2D eigenvalue weighted by molar-refractivity contribution is -0.122. The van der Waals surface area contributed by atoms with Crippen LogP contribution in [0.3, 0.4) is 0 Å². The topological polar surface area (TPSA) is 78.4 Å². The van der Waals surface area contributed by atoms with Crippen molar-refractivity contribution >= 4 is 33.4 Å². The summed E-state index contributed by atoms with van der Waals surface area (Å²) in [6.07, 6.45) is 2.95. The number of hydrogen-bond acceptors (Lipinski definition) is 6. The lowest BCUT2D eigenvalue weighted by atomic mass is 10.2. The summed E-state index contributed by atoms with van der Waals surface area (Å²) >= 11 is 1.34. The minimum absolute atomic E-state index is 0.0679. The highest BCUT2D eigenvalue weighted by molar-refractivity contribution is 7.19. The molecule has 0 radical (unpaired) electrons. The molecule has 0 aliphatic carbocycles. The summed E-state index contributed by atoms with van der Waals surface area (Å²) in [7, 11) is 0. The van der Waals surface area contributed by atoms with E-state index in [4.69, 9.17) is 0 Å². The van der Waals surface area contributed by atoms with Crippen molar-refractivity contribution in [2.75, 3.05) is 22.9 Å². The molecule has 1 aromatic heterocycles. The first-order valence-corrected chi connectivity index (χ1v) is 9.87. The molecule has 7 nitrogen and oxygen atoms in total. The van der Waals surface area contributed by atoms with Crippen LogP contribution in [0.5, 0.6) is 0 Å². The van der Waals surface area contributed by atoms with Crippen LogP contribution in [-0.2, 0) is 16.1 Å². The van der Waals surface area contributed by atoms with Gasteiger partial charge in [0.15, 0.2) is 0 Å². The van der Waals surface area contributed by atoms with Crippen LogP contribution >= 0.6 is 11.3 Å². The zero-order valence-electron chi connectivity index (χ0n) is 14.7. The summed E-state index contributed by atoms with van der Waals surface area (Å²) in [6, 6.07) is 6.05.